The van der Waals surface area contributed by atoms with Gasteiger partial charge in [0.2, 0.25) is 5.91 Å². The Morgan fingerprint density at radius 3 is 2.41 bits per heavy atom. The highest BCUT2D eigenvalue weighted by Crippen LogP contribution is 2.47. The van der Waals surface area contributed by atoms with Crippen molar-refractivity contribution in [2.24, 2.45) is 11.3 Å². The van der Waals surface area contributed by atoms with E-state index in [0.29, 0.717) is 35.4 Å². The molecular formula is C29H37N7O3. The molecule has 1 aromatic carbocycles. The summed E-state index contributed by atoms with van der Waals surface area (Å²) in [6.07, 6.45) is 7.16. The lowest BCUT2D eigenvalue weighted by molar-refractivity contribution is -0.137. The van der Waals surface area contributed by atoms with Gasteiger partial charge in [-0.3, -0.25) is 19.1 Å². The van der Waals surface area contributed by atoms with Gasteiger partial charge in [0.05, 0.1) is 31.4 Å². The van der Waals surface area contributed by atoms with E-state index in [9.17, 15) is 9.59 Å². The molecule has 0 unspecified atom stereocenters. The van der Waals surface area contributed by atoms with Crippen LogP contribution in [0.4, 0.5) is 5.69 Å². The molecule has 3 aromatic rings. The number of anilines is 1. The number of rotatable bonds is 6. The van der Waals surface area contributed by atoms with Crippen molar-refractivity contribution in [1.82, 2.24) is 29.1 Å². The van der Waals surface area contributed by atoms with Crippen molar-refractivity contribution >= 4 is 22.6 Å². The molecule has 0 N–H and O–H groups in total. The third kappa shape index (κ3) is 4.63. The average Bonchev–Trinajstić information content (AvgIpc) is 3.55. The summed E-state index contributed by atoms with van der Waals surface area (Å²) in [6.45, 7) is 10.1. The Morgan fingerprint density at radius 1 is 1.03 bits per heavy atom. The summed E-state index contributed by atoms with van der Waals surface area (Å²) in [4.78, 5) is 37.5. The second kappa shape index (κ2) is 9.75. The number of amides is 1. The third-order valence-electron chi connectivity index (χ3n) is 9.31. The second-order valence-electron chi connectivity index (χ2n) is 12.0. The topological polar surface area (TPSA) is 88.7 Å². The van der Waals surface area contributed by atoms with Crippen LogP contribution in [0.5, 0.6) is 0 Å². The molecule has 5 heterocycles. The van der Waals surface area contributed by atoms with E-state index in [1.165, 1.54) is 5.69 Å². The molecule has 3 aliphatic heterocycles. The number of likely N-dealkylation sites (tertiary alicyclic amines) is 1. The number of carbonyl (C=O) groups excluding carboxylic acids is 1. The fourth-order valence-electron chi connectivity index (χ4n) is 6.29. The van der Waals surface area contributed by atoms with Gasteiger partial charge >= 0.3 is 0 Å². The number of ether oxygens (including phenoxy) is 1. The molecule has 4 fully saturated rings. The first-order chi connectivity index (χ1) is 19.0. The molecule has 7 rings (SSSR count). The number of carbonyl (C=O) groups is 1. The lowest BCUT2D eigenvalue weighted by Crippen LogP contribution is -2.61. The fourth-order valence-corrected chi connectivity index (χ4v) is 6.29. The molecule has 10 heteroatoms. The Labute approximate surface area is 228 Å². The Balaban J connectivity index is 0.995. The minimum Gasteiger partial charge on any atom is -0.379 e. The van der Waals surface area contributed by atoms with Crippen LogP contribution >= 0.6 is 0 Å². The van der Waals surface area contributed by atoms with Crippen LogP contribution in [-0.4, -0.2) is 93.6 Å². The predicted molar refractivity (Wildman–Crippen MR) is 148 cm³/mol. The van der Waals surface area contributed by atoms with Crippen LogP contribution < -0.4 is 10.5 Å². The van der Waals surface area contributed by atoms with Gasteiger partial charge in [-0.2, -0.15) is 5.10 Å². The minimum atomic E-state index is -0.111. The van der Waals surface area contributed by atoms with Gasteiger partial charge in [-0.15, -0.1) is 0 Å². The van der Waals surface area contributed by atoms with Gasteiger partial charge in [-0.25, -0.2) is 9.67 Å². The number of hydrogen-bond donors (Lipinski definition) is 0. The van der Waals surface area contributed by atoms with Crippen LogP contribution in [0.2, 0.25) is 0 Å². The van der Waals surface area contributed by atoms with Crippen molar-refractivity contribution < 1.29 is 9.53 Å². The molecule has 39 heavy (non-hydrogen) atoms. The van der Waals surface area contributed by atoms with Crippen molar-refractivity contribution in [3.63, 3.8) is 0 Å². The van der Waals surface area contributed by atoms with Crippen molar-refractivity contribution in [3.8, 4) is 5.69 Å². The van der Waals surface area contributed by atoms with E-state index in [4.69, 9.17) is 4.74 Å². The molecule has 0 spiro atoms. The number of fused-ring (bicyclic) bond motifs is 1. The molecule has 0 bridgehead atoms. The number of hydrogen-bond acceptors (Lipinski definition) is 7. The fraction of sp³-hybridized carbons (Fsp3) is 0.586. The van der Waals surface area contributed by atoms with E-state index < -0.39 is 0 Å². The maximum Gasteiger partial charge on any atom is 0.264 e. The first-order valence-corrected chi connectivity index (χ1v) is 14.4. The Kier molecular flexibility index (Phi) is 6.19. The first kappa shape index (κ1) is 24.8. The van der Waals surface area contributed by atoms with E-state index in [-0.39, 0.29) is 11.0 Å². The zero-order chi connectivity index (χ0) is 26.6. The number of piperidine rings is 1. The van der Waals surface area contributed by atoms with Crippen LogP contribution in [0.3, 0.4) is 0 Å². The van der Waals surface area contributed by atoms with Crippen molar-refractivity contribution in [3.05, 3.63) is 47.1 Å². The highest BCUT2D eigenvalue weighted by Gasteiger charge is 2.47. The van der Waals surface area contributed by atoms with Gasteiger partial charge in [0, 0.05) is 63.0 Å². The van der Waals surface area contributed by atoms with E-state index in [1.807, 2.05) is 17.0 Å². The van der Waals surface area contributed by atoms with Crippen LogP contribution in [0.15, 0.2) is 41.6 Å². The zero-order valence-electron chi connectivity index (χ0n) is 22.7. The van der Waals surface area contributed by atoms with Crippen molar-refractivity contribution in [1.29, 1.82) is 0 Å². The SMILES string of the molecule is CC1(C(=O)N2CCC(Cn3cnc4c(cnn4-c4ccc(N5CC(N6CCOCC6)C5)cc4)c3=O)CC2)CC1. The quantitative estimate of drug-likeness (QED) is 0.482. The van der Waals surface area contributed by atoms with Gasteiger partial charge < -0.3 is 14.5 Å². The summed E-state index contributed by atoms with van der Waals surface area (Å²) in [7, 11) is 0. The number of nitrogens with zero attached hydrogens (tertiary/aromatic N) is 7. The molecule has 0 radical (unpaired) electrons. The highest BCUT2D eigenvalue weighted by molar-refractivity contribution is 5.85. The second-order valence-corrected chi connectivity index (χ2v) is 12.0. The van der Waals surface area contributed by atoms with Gasteiger partial charge in [0.1, 0.15) is 5.39 Å². The normalized spacial score (nSPS) is 22.3. The van der Waals surface area contributed by atoms with E-state index >= 15 is 0 Å². The van der Waals surface area contributed by atoms with Gasteiger partial charge in [0.15, 0.2) is 5.65 Å². The Bertz CT molecular complexity index is 1410. The molecular weight excluding hydrogens is 494 g/mol. The molecule has 1 saturated carbocycles. The number of benzene rings is 1. The average molecular weight is 532 g/mol. The Hall–Kier alpha value is -3.24. The number of morpholine rings is 1. The zero-order valence-corrected chi connectivity index (χ0v) is 22.7. The van der Waals surface area contributed by atoms with E-state index in [2.05, 4.69) is 38.9 Å². The van der Waals surface area contributed by atoms with E-state index in [1.54, 1.807) is 21.8 Å². The minimum absolute atomic E-state index is 0.0541. The molecule has 2 aromatic heterocycles. The largest absolute Gasteiger partial charge is 0.379 e. The predicted octanol–water partition coefficient (Wildman–Crippen LogP) is 2.14. The summed E-state index contributed by atoms with van der Waals surface area (Å²) >= 11 is 0. The van der Waals surface area contributed by atoms with Crippen LogP contribution in [-0.2, 0) is 16.1 Å². The van der Waals surface area contributed by atoms with Crippen LogP contribution in [0.25, 0.3) is 16.7 Å². The van der Waals surface area contributed by atoms with Gasteiger partial charge in [0.25, 0.3) is 5.56 Å². The molecule has 10 nitrogen and oxygen atoms in total. The molecule has 0 atom stereocenters. The summed E-state index contributed by atoms with van der Waals surface area (Å²) in [6, 6.07) is 8.96. The standard InChI is InChI=1S/C29H37N7O3/c1-29(8-9-29)28(38)33-10-6-21(7-11-33)17-35-20-30-26-25(27(35)37)16-31-36(26)23-4-2-22(3-5-23)34-18-24(19-34)32-12-14-39-15-13-32/h2-5,16,20-21,24H,6-15,17-19H2,1H3. The van der Waals surface area contributed by atoms with E-state index in [0.717, 1.165) is 83.9 Å². The Morgan fingerprint density at radius 2 is 1.72 bits per heavy atom. The molecule has 3 saturated heterocycles. The smallest absolute Gasteiger partial charge is 0.264 e. The van der Waals surface area contributed by atoms with Crippen molar-refractivity contribution in [2.45, 2.75) is 45.2 Å². The van der Waals surface area contributed by atoms with Crippen LogP contribution in [0.1, 0.15) is 32.6 Å². The third-order valence-corrected chi connectivity index (χ3v) is 9.31. The molecule has 1 amide bonds. The summed E-state index contributed by atoms with van der Waals surface area (Å²) in [5.41, 5.74) is 2.51. The number of aromatic nitrogens is 4. The lowest BCUT2D eigenvalue weighted by atomic mass is 9.95. The van der Waals surface area contributed by atoms with Gasteiger partial charge in [-0.05, 0) is 55.9 Å². The maximum atomic E-state index is 13.3. The molecule has 206 valence electrons. The summed E-state index contributed by atoms with van der Waals surface area (Å²) in [5.74, 6) is 0.675. The highest BCUT2D eigenvalue weighted by atomic mass is 16.5. The summed E-state index contributed by atoms with van der Waals surface area (Å²) in [5, 5.41) is 5.05. The van der Waals surface area contributed by atoms with Crippen LogP contribution in [0, 0.1) is 11.3 Å². The summed E-state index contributed by atoms with van der Waals surface area (Å²) < 4.78 is 8.95. The van der Waals surface area contributed by atoms with Crippen molar-refractivity contribution in [2.75, 3.05) is 57.4 Å². The molecule has 1 aliphatic carbocycles. The van der Waals surface area contributed by atoms with Gasteiger partial charge in [-0.1, -0.05) is 6.92 Å². The first-order valence-electron chi connectivity index (χ1n) is 14.4. The monoisotopic (exact) mass is 531 g/mol. The lowest BCUT2D eigenvalue weighted by Gasteiger charge is -2.47. The maximum absolute atomic E-state index is 13.3. The molecule has 4 aliphatic rings.